The molecule has 2 aliphatic rings. The van der Waals surface area contributed by atoms with Gasteiger partial charge < -0.3 is 15.4 Å². The zero-order valence-corrected chi connectivity index (χ0v) is 14.7. The number of nitrogens with zero attached hydrogens (tertiary/aromatic N) is 1. The van der Waals surface area contributed by atoms with Crippen molar-refractivity contribution in [3.63, 3.8) is 0 Å². The van der Waals surface area contributed by atoms with Crippen molar-refractivity contribution in [2.75, 3.05) is 19.8 Å². The van der Waals surface area contributed by atoms with Gasteiger partial charge >= 0.3 is 6.03 Å². The van der Waals surface area contributed by atoms with Crippen LogP contribution in [0.2, 0.25) is 0 Å². The number of aryl methyl sites for hydroxylation is 2. The summed E-state index contributed by atoms with van der Waals surface area (Å²) in [6.07, 6.45) is 7.77. The lowest BCUT2D eigenvalue weighted by atomic mass is 9.93. The summed E-state index contributed by atoms with van der Waals surface area (Å²) in [5.41, 5.74) is 1.30. The maximum absolute atomic E-state index is 12.0. The van der Waals surface area contributed by atoms with E-state index < -0.39 is 0 Å². The molecule has 0 aromatic carbocycles. The first kappa shape index (κ1) is 16.7. The van der Waals surface area contributed by atoms with Crippen molar-refractivity contribution in [1.29, 1.82) is 0 Å². The second-order valence-corrected chi connectivity index (χ2v) is 7.74. The first-order valence-electron chi connectivity index (χ1n) is 8.82. The van der Waals surface area contributed by atoms with Crippen LogP contribution in [0.3, 0.4) is 0 Å². The number of aromatic nitrogens is 1. The Labute approximate surface area is 142 Å². The minimum Gasteiger partial charge on any atom is -0.381 e. The lowest BCUT2D eigenvalue weighted by Crippen LogP contribution is -2.45. The van der Waals surface area contributed by atoms with Crippen molar-refractivity contribution in [2.45, 2.75) is 57.9 Å². The summed E-state index contributed by atoms with van der Waals surface area (Å²) in [5, 5.41) is 7.19. The summed E-state index contributed by atoms with van der Waals surface area (Å²) in [5.74, 6) is 0.528. The number of fused-ring (bicyclic) bond motifs is 1. The Kier molecular flexibility index (Phi) is 5.89. The molecule has 1 aromatic heterocycles. The third kappa shape index (κ3) is 4.67. The zero-order valence-electron chi connectivity index (χ0n) is 13.9. The third-order valence-corrected chi connectivity index (χ3v) is 6.06. The topological polar surface area (TPSA) is 63.2 Å². The zero-order chi connectivity index (χ0) is 16.1. The Hall–Kier alpha value is -1.14. The van der Waals surface area contributed by atoms with Crippen LogP contribution >= 0.6 is 11.3 Å². The van der Waals surface area contributed by atoms with Crippen LogP contribution in [0, 0.1) is 5.92 Å². The summed E-state index contributed by atoms with van der Waals surface area (Å²) in [7, 11) is 0. The molecule has 1 aromatic rings. The van der Waals surface area contributed by atoms with Crippen LogP contribution in [-0.2, 0) is 24.0 Å². The first-order chi connectivity index (χ1) is 11.2. The van der Waals surface area contributed by atoms with E-state index in [4.69, 9.17) is 9.72 Å². The Balaban J connectivity index is 1.38. The van der Waals surface area contributed by atoms with Gasteiger partial charge in [-0.2, -0.15) is 0 Å². The minimum absolute atomic E-state index is 0.0645. The molecule has 0 saturated carbocycles. The van der Waals surface area contributed by atoms with E-state index in [1.807, 2.05) is 11.3 Å². The molecule has 3 rings (SSSR count). The molecule has 0 radical (unpaired) electrons. The van der Waals surface area contributed by atoms with Crippen LogP contribution in [0.5, 0.6) is 0 Å². The molecule has 1 atom stereocenters. The predicted molar refractivity (Wildman–Crippen MR) is 92.0 cm³/mol. The van der Waals surface area contributed by atoms with Gasteiger partial charge in [-0.25, -0.2) is 9.78 Å². The molecule has 1 fully saturated rings. The van der Waals surface area contributed by atoms with Gasteiger partial charge in [-0.1, -0.05) is 0 Å². The van der Waals surface area contributed by atoms with Gasteiger partial charge in [-0.3, -0.25) is 0 Å². The van der Waals surface area contributed by atoms with Crippen LogP contribution in [0.15, 0.2) is 0 Å². The highest BCUT2D eigenvalue weighted by Gasteiger charge is 2.21. The molecule has 2 N–H and O–H groups in total. The number of rotatable bonds is 5. The number of carbonyl (C=O) groups excluding carboxylic acids is 1. The van der Waals surface area contributed by atoms with Crippen molar-refractivity contribution in [1.82, 2.24) is 15.6 Å². The smallest absolute Gasteiger partial charge is 0.315 e. The van der Waals surface area contributed by atoms with Gasteiger partial charge in [-0.05, 0) is 51.4 Å². The van der Waals surface area contributed by atoms with Gasteiger partial charge in [0.1, 0.15) is 0 Å². The maximum Gasteiger partial charge on any atom is 0.315 e. The largest absolute Gasteiger partial charge is 0.381 e. The molecule has 1 aliphatic carbocycles. The lowest BCUT2D eigenvalue weighted by Gasteiger charge is -2.28. The highest BCUT2D eigenvalue weighted by Crippen LogP contribution is 2.26. The van der Waals surface area contributed by atoms with Gasteiger partial charge in [0.15, 0.2) is 0 Å². The highest BCUT2D eigenvalue weighted by atomic mass is 32.1. The van der Waals surface area contributed by atoms with Gasteiger partial charge in [0.25, 0.3) is 0 Å². The number of carbonyl (C=O) groups is 1. The van der Waals surface area contributed by atoms with Crippen molar-refractivity contribution >= 4 is 17.4 Å². The molecule has 1 aliphatic heterocycles. The molecule has 2 heterocycles. The fraction of sp³-hybridized carbons (Fsp3) is 0.765. The van der Waals surface area contributed by atoms with E-state index in [9.17, 15) is 4.79 Å². The number of hydrogen-bond acceptors (Lipinski definition) is 4. The number of thiazole rings is 1. The molecular weight excluding hydrogens is 310 g/mol. The quantitative estimate of drug-likeness (QED) is 0.868. The van der Waals surface area contributed by atoms with Crippen LogP contribution < -0.4 is 10.6 Å². The molecule has 23 heavy (non-hydrogen) atoms. The number of amides is 2. The Bertz CT molecular complexity index is 502. The second-order valence-electron chi connectivity index (χ2n) is 6.57. The van der Waals surface area contributed by atoms with Gasteiger partial charge in [0.05, 0.1) is 10.7 Å². The maximum atomic E-state index is 12.0. The van der Waals surface area contributed by atoms with E-state index in [2.05, 4.69) is 17.6 Å². The summed E-state index contributed by atoms with van der Waals surface area (Å²) < 4.78 is 5.37. The lowest BCUT2D eigenvalue weighted by molar-refractivity contribution is 0.0571. The molecule has 2 amide bonds. The number of ether oxygens (including phenoxy) is 1. The number of hydrogen-bond donors (Lipinski definition) is 2. The van der Waals surface area contributed by atoms with E-state index in [1.165, 1.54) is 29.8 Å². The van der Waals surface area contributed by atoms with Crippen LogP contribution in [0.25, 0.3) is 0 Å². The van der Waals surface area contributed by atoms with E-state index in [0.29, 0.717) is 12.5 Å². The monoisotopic (exact) mass is 337 g/mol. The molecule has 0 bridgehead atoms. The van der Waals surface area contributed by atoms with Crippen molar-refractivity contribution in [3.05, 3.63) is 15.6 Å². The van der Waals surface area contributed by atoms with E-state index in [1.54, 1.807) is 0 Å². The predicted octanol–water partition coefficient (Wildman–Crippen LogP) is 2.68. The molecule has 0 spiro atoms. The van der Waals surface area contributed by atoms with Crippen LogP contribution in [0.1, 0.15) is 48.2 Å². The number of nitrogens with one attached hydrogen (secondary N) is 2. The van der Waals surface area contributed by atoms with E-state index in [-0.39, 0.29) is 12.1 Å². The SMILES string of the molecule is C[C@H](NC(=O)NCCc1nc2c(s1)CCCC2)C1CCOCC1. The van der Waals surface area contributed by atoms with E-state index >= 15 is 0 Å². The third-order valence-electron chi connectivity index (χ3n) is 4.85. The van der Waals surface area contributed by atoms with Gasteiger partial charge in [-0.15, -0.1) is 11.3 Å². The van der Waals surface area contributed by atoms with Gasteiger partial charge in [0.2, 0.25) is 0 Å². The standard InChI is InChI=1S/C17H27N3O2S/c1-12(13-7-10-22-11-8-13)19-17(21)18-9-6-16-20-14-4-2-3-5-15(14)23-16/h12-13H,2-11H2,1H3,(H2,18,19,21)/t12-/m0/s1. The normalized spacial score (nSPS) is 19.9. The average Bonchev–Trinajstić information content (AvgIpc) is 2.98. The highest BCUT2D eigenvalue weighted by molar-refractivity contribution is 7.11. The summed E-state index contributed by atoms with van der Waals surface area (Å²) in [6, 6.07) is 0.136. The second kappa shape index (κ2) is 8.11. The summed E-state index contributed by atoms with van der Waals surface area (Å²) in [6.45, 7) is 4.36. The Morgan fingerprint density at radius 1 is 1.35 bits per heavy atom. The number of urea groups is 1. The van der Waals surface area contributed by atoms with Crippen molar-refractivity contribution in [2.24, 2.45) is 5.92 Å². The summed E-state index contributed by atoms with van der Waals surface area (Å²) >= 11 is 1.83. The van der Waals surface area contributed by atoms with Crippen LogP contribution in [-0.4, -0.2) is 36.8 Å². The molecule has 0 unspecified atom stereocenters. The Morgan fingerprint density at radius 3 is 2.91 bits per heavy atom. The minimum atomic E-state index is -0.0645. The van der Waals surface area contributed by atoms with Gasteiger partial charge in [0, 0.05) is 37.1 Å². The molecule has 5 nitrogen and oxygen atoms in total. The van der Waals surface area contributed by atoms with Crippen LogP contribution in [0.4, 0.5) is 4.79 Å². The fourth-order valence-electron chi connectivity index (χ4n) is 3.39. The van der Waals surface area contributed by atoms with Crippen molar-refractivity contribution in [3.8, 4) is 0 Å². The molecule has 128 valence electrons. The molecule has 1 saturated heterocycles. The average molecular weight is 337 g/mol. The molecule has 6 heteroatoms. The fourth-order valence-corrected chi connectivity index (χ4v) is 4.54. The Morgan fingerprint density at radius 2 is 2.13 bits per heavy atom. The summed E-state index contributed by atoms with van der Waals surface area (Å²) in [4.78, 5) is 18.2. The van der Waals surface area contributed by atoms with E-state index in [0.717, 1.165) is 43.9 Å². The molecular formula is C17H27N3O2S. The first-order valence-corrected chi connectivity index (χ1v) is 9.63. The van der Waals surface area contributed by atoms with Crippen molar-refractivity contribution < 1.29 is 9.53 Å².